The Labute approximate surface area is 85.4 Å². The molecule has 7 heteroatoms. The maximum absolute atomic E-state index is 12.2. The quantitative estimate of drug-likeness (QED) is 0.662. The average Bonchev–Trinajstić information content (AvgIpc) is 2.08. The molecule has 4 nitrogen and oxygen atoms in total. The van der Waals surface area contributed by atoms with Crippen molar-refractivity contribution >= 4 is 21.6 Å². The highest BCUT2D eigenvalue weighted by Gasteiger charge is 2.22. The fourth-order valence-corrected chi connectivity index (χ4v) is 1.39. The highest BCUT2D eigenvalue weighted by Crippen LogP contribution is 2.39. The van der Waals surface area contributed by atoms with Crippen molar-refractivity contribution in [3.05, 3.63) is 32.3 Å². The van der Waals surface area contributed by atoms with Gasteiger partial charge in [-0.25, -0.2) is 8.78 Å². The number of nitrogens with zero attached hydrogens (tertiary/aromatic N) is 1. The van der Waals surface area contributed by atoms with E-state index in [1.54, 1.807) is 0 Å². The Morgan fingerprint density at radius 2 is 2.07 bits per heavy atom. The van der Waals surface area contributed by atoms with Gasteiger partial charge in [0.05, 0.1) is 9.40 Å². The molecule has 1 aromatic rings. The molecule has 76 valence electrons. The molecule has 1 aromatic carbocycles. The molecule has 0 aliphatic rings. The van der Waals surface area contributed by atoms with Crippen LogP contribution in [0.1, 0.15) is 12.0 Å². The lowest BCUT2D eigenvalue weighted by Crippen LogP contribution is -1.92. The molecule has 0 amide bonds. The van der Waals surface area contributed by atoms with Crippen molar-refractivity contribution in [3.63, 3.8) is 0 Å². The lowest BCUT2D eigenvalue weighted by atomic mass is 10.2. The van der Waals surface area contributed by atoms with Gasteiger partial charge in [-0.15, -0.1) is 0 Å². The van der Waals surface area contributed by atoms with Gasteiger partial charge in [0.25, 0.3) is 6.43 Å². The maximum Gasteiger partial charge on any atom is 0.311 e. The van der Waals surface area contributed by atoms with Crippen molar-refractivity contribution in [2.24, 2.45) is 0 Å². The molecule has 0 saturated carbocycles. The minimum atomic E-state index is -2.80. The summed E-state index contributed by atoms with van der Waals surface area (Å²) in [6, 6.07) is 1.73. The first-order valence-corrected chi connectivity index (χ1v) is 4.18. The van der Waals surface area contributed by atoms with Crippen LogP contribution >= 0.6 is 15.9 Å². The van der Waals surface area contributed by atoms with Crippen molar-refractivity contribution in [2.75, 3.05) is 0 Å². The highest BCUT2D eigenvalue weighted by atomic mass is 79.9. The van der Waals surface area contributed by atoms with Crippen LogP contribution in [0.3, 0.4) is 0 Å². The minimum absolute atomic E-state index is 0.346. The number of phenolic OH excluding ortho intramolecular Hbond substituents is 1. The molecule has 0 aliphatic carbocycles. The molecule has 0 heterocycles. The monoisotopic (exact) mass is 267 g/mol. The Hall–Kier alpha value is -1.24. The van der Waals surface area contributed by atoms with Crippen LogP contribution in [0.2, 0.25) is 0 Å². The molecule has 0 atom stereocenters. The van der Waals surface area contributed by atoms with Crippen molar-refractivity contribution < 1.29 is 18.8 Å². The first-order chi connectivity index (χ1) is 6.45. The van der Waals surface area contributed by atoms with E-state index in [9.17, 15) is 24.0 Å². The molecule has 1 N–H and O–H groups in total. The molecule has 1 rings (SSSR count). The predicted molar refractivity (Wildman–Crippen MR) is 47.4 cm³/mol. The highest BCUT2D eigenvalue weighted by molar-refractivity contribution is 9.10. The third-order valence-electron chi connectivity index (χ3n) is 1.56. The fraction of sp³-hybridized carbons (Fsp3) is 0.143. The summed E-state index contributed by atoms with van der Waals surface area (Å²) in [5, 5.41) is 19.5. The zero-order valence-electron chi connectivity index (χ0n) is 6.58. The second kappa shape index (κ2) is 3.87. The number of nitro benzene ring substituents is 1. The molecule has 0 unspecified atom stereocenters. The molecule has 0 bridgehead atoms. The number of aromatic hydroxyl groups is 1. The van der Waals surface area contributed by atoms with E-state index in [-0.39, 0.29) is 4.47 Å². The van der Waals surface area contributed by atoms with Gasteiger partial charge in [0.2, 0.25) is 5.75 Å². The number of rotatable bonds is 2. The standard InChI is InChI=1S/C7H4BrF2NO3/c8-5-3(7(9)10)1-2-4(6(5)12)11(13)14/h1-2,7,12H. The fourth-order valence-electron chi connectivity index (χ4n) is 0.886. The van der Waals surface area contributed by atoms with Crippen molar-refractivity contribution in [3.8, 4) is 5.75 Å². The van der Waals surface area contributed by atoms with Gasteiger partial charge in [-0.2, -0.15) is 0 Å². The van der Waals surface area contributed by atoms with Gasteiger partial charge in [0.1, 0.15) is 0 Å². The summed E-state index contributed by atoms with van der Waals surface area (Å²) in [4.78, 5) is 9.44. The molecule has 0 spiro atoms. The Morgan fingerprint density at radius 3 is 2.50 bits per heavy atom. The smallest absolute Gasteiger partial charge is 0.311 e. The van der Waals surface area contributed by atoms with Crippen molar-refractivity contribution in [1.82, 2.24) is 0 Å². The van der Waals surface area contributed by atoms with Gasteiger partial charge >= 0.3 is 5.69 Å². The van der Waals surface area contributed by atoms with E-state index >= 15 is 0 Å². The third kappa shape index (κ3) is 1.82. The van der Waals surface area contributed by atoms with E-state index < -0.39 is 28.3 Å². The largest absolute Gasteiger partial charge is 0.501 e. The SMILES string of the molecule is O=[N+]([O-])c1ccc(C(F)F)c(Br)c1O. The van der Waals surface area contributed by atoms with Crippen LogP contribution in [0.15, 0.2) is 16.6 Å². The Kier molecular flexibility index (Phi) is 3.00. The first-order valence-electron chi connectivity index (χ1n) is 3.39. The second-order valence-electron chi connectivity index (χ2n) is 2.39. The summed E-state index contributed by atoms with van der Waals surface area (Å²) in [6.07, 6.45) is -2.80. The number of hydrogen-bond acceptors (Lipinski definition) is 3. The summed E-state index contributed by atoms with van der Waals surface area (Å²) in [5.74, 6) is -0.784. The van der Waals surface area contributed by atoms with E-state index in [2.05, 4.69) is 15.9 Å². The topological polar surface area (TPSA) is 63.4 Å². The number of benzene rings is 1. The molecule has 0 radical (unpaired) electrons. The summed E-state index contributed by atoms with van der Waals surface area (Å²) in [6.45, 7) is 0. The lowest BCUT2D eigenvalue weighted by molar-refractivity contribution is -0.386. The summed E-state index contributed by atoms with van der Waals surface area (Å²) < 4.78 is 24.1. The molecule has 0 fully saturated rings. The van der Waals surface area contributed by atoms with Crippen LogP contribution in [0.25, 0.3) is 0 Å². The van der Waals surface area contributed by atoms with Crippen LogP contribution in [0.5, 0.6) is 5.75 Å². The second-order valence-corrected chi connectivity index (χ2v) is 3.19. The van der Waals surface area contributed by atoms with Crippen LogP contribution in [-0.4, -0.2) is 10.0 Å². The third-order valence-corrected chi connectivity index (χ3v) is 2.39. The first kappa shape index (κ1) is 10.8. The van der Waals surface area contributed by atoms with Crippen LogP contribution < -0.4 is 0 Å². The van der Waals surface area contributed by atoms with Crippen molar-refractivity contribution in [2.45, 2.75) is 6.43 Å². The molecule has 0 aromatic heterocycles. The van der Waals surface area contributed by atoms with E-state index in [1.807, 2.05) is 0 Å². The Balaban J connectivity index is 3.33. The number of phenols is 1. The van der Waals surface area contributed by atoms with E-state index in [0.717, 1.165) is 12.1 Å². The normalized spacial score (nSPS) is 10.6. The van der Waals surface area contributed by atoms with Crippen molar-refractivity contribution in [1.29, 1.82) is 0 Å². The maximum atomic E-state index is 12.2. The molecular formula is C7H4BrF2NO3. The van der Waals surface area contributed by atoms with Gasteiger partial charge in [0.15, 0.2) is 0 Å². The average molecular weight is 268 g/mol. The number of hydrogen-bond donors (Lipinski definition) is 1. The summed E-state index contributed by atoms with van der Waals surface area (Å²) in [7, 11) is 0. The molecular weight excluding hydrogens is 264 g/mol. The lowest BCUT2D eigenvalue weighted by Gasteiger charge is -2.04. The minimum Gasteiger partial charge on any atom is -0.501 e. The van der Waals surface area contributed by atoms with E-state index in [1.165, 1.54) is 0 Å². The number of alkyl halides is 2. The molecule has 0 saturated heterocycles. The van der Waals surface area contributed by atoms with Crippen LogP contribution in [0, 0.1) is 10.1 Å². The van der Waals surface area contributed by atoms with Crippen LogP contribution in [0.4, 0.5) is 14.5 Å². The van der Waals surface area contributed by atoms with Gasteiger partial charge in [-0.3, -0.25) is 10.1 Å². The summed E-state index contributed by atoms with van der Waals surface area (Å²) in [5.41, 5.74) is -1.09. The van der Waals surface area contributed by atoms with Gasteiger partial charge < -0.3 is 5.11 Å². The molecule has 14 heavy (non-hydrogen) atoms. The molecule has 0 aliphatic heterocycles. The number of halogens is 3. The summed E-state index contributed by atoms with van der Waals surface area (Å²) >= 11 is 2.67. The van der Waals surface area contributed by atoms with E-state index in [4.69, 9.17) is 0 Å². The Morgan fingerprint density at radius 1 is 1.50 bits per heavy atom. The van der Waals surface area contributed by atoms with Gasteiger partial charge in [-0.05, 0) is 22.0 Å². The predicted octanol–water partition coefficient (Wildman–Crippen LogP) is 3.00. The zero-order valence-corrected chi connectivity index (χ0v) is 8.16. The Bertz CT molecular complexity index is 383. The number of nitro groups is 1. The van der Waals surface area contributed by atoms with Gasteiger partial charge in [-0.1, -0.05) is 0 Å². The van der Waals surface area contributed by atoms with Crippen LogP contribution in [-0.2, 0) is 0 Å². The van der Waals surface area contributed by atoms with E-state index in [0.29, 0.717) is 0 Å². The zero-order chi connectivity index (χ0) is 10.9. The van der Waals surface area contributed by atoms with Gasteiger partial charge in [0, 0.05) is 11.6 Å².